The van der Waals surface area contributed by atoms with Gasteiger partial charge >= 0.3 is 5.97 Å². The number of hydrogen-bond acceptors (Lipinski definition) is 5. The SMILES string of the molecule is N=C(N)Nc1cccc(C(=O)NCC(=O)NC(CC(=O)O)c2cc(Br)cs2)c1. The molecule has 0 spiro atoms. The molecule has 148 valence electrons. The summed E-state index contributed by atoms with van der Waals surface area (Å²) < 4.78 is 0.796. The van der Waals surface area contributed by atoms with Gasteiger partial charge in [0.15, 0.2) is 5.96 Å². The highest BCUT2D eigenvalue weighted by atomic mass is 79.9. The maximum absolute atomic E-state index is 12.2. The van der Waals surface area contributed by atoms with Crippen molar-refractivity contribution < 1.29 is 19.5 Å². The van der Waals surface area contributed by atoms with E-state index >= 15 is 0 Å². The first-order chi connectivity index (χ1) is 13.2. The van der Waals surface area contributed by atoms with Gasteiger partial charge in [-0.1, -0.05) is 6.07 Å². The summed E-state index contributed by atoms with van der Waals surface area (Å²) in [6, 6.07) is 7.34. The third-order valence-corrected chi connectivity index (χ3v) is 5.27. The zero-order chi connectivity index (χ0) is 20.7. The molecule has 0 radical (unpaired) electrons. The summed E-state index contributed by atoms with van der Waals surface area (Å²) >= 11 is 4.62. The molecular formula is C17H18BrN5O4S. The lowest BCUT2D eigenvalue weighted by atomic mass is 10.1. The Kier molecular flexibility index (Phi) is 7.52. The minimum Gasteiger partial charge on any atom is -0.481 e. The molecule has 9 nitrogen and oxygen atoms in total. The van der Waals surface area contributed by atoms with Crippen LogP contribution < -0.4 is 21.7 Å². The molecule has 11 heteroatoms. The smallest absolute Gasteiger partial charge is 0.305 e. The highest BCUT2D eigenvalue weighted by Crippen LogP contribution is 2.27. The fraction of sp³-hybridized carbons (Fsp3) is 0.176. The number of halogens is 1. The topological polar surface area (TPSA) is 157 Å². The van der Waals surface area contributed by atoms with Crippen molar-refractivity contribution in [2.24, 2.45) is 5.73 Å². The number of carbonyl (C=O) groups is 3. The molecular weight excluding hydrogens is 450 g/mol. The van der Waals surface area contributed by atoms with Crippen LogP contribution in [0.1, 0.15) is 27.7 Å². The normalized spacial score (nSPS) is 11.3. The molecule has 0 saturated heterocycles. The van der Waals surface area contributed by atoms with Crippen LogP contribution in [0.4, 0.5) is 5.69 Å². The molecule has 0 aliphatic rings. The summed E-state index contributed by atoms with van der Waals surface area (Å²) in [4.78, 5) is 36.2. The van der Waals surface area contributed by atoms with E-state index in [-0.39, 0.29) is 24.5 Å². The van der Waals surface area contributed by atoms with Gasteiger partial charge < -0.3 is 26.8 Å². The van der Waals surface area contributed by atoms with E-state index in [1.54, 1.807) is 29.6 Å². The third-order valence-electron chi connectivity index (χ3n) is 3.46. The number of anilines is 1. The molecule has 2 amide bonds. The predicted octanol–water partition coefficient (Wildman–Crippen LogP) is 1.88. The van der Waals surface area contributed by atoms with Gasteiger partial charge in [0, 0.05) is 26.0 Å². The van der Waals surface area contributed by atoms with Crippen molar-refractivity contribution in [3.63, 3.8) is 0 Å². The Morgan fingerprint density at radius 1 is 1.29 bits per heavy atom. The zero-order valence-corrected chi connectivity index (χ0v) is 16.9. The maximum atomic E-state index is 12.2. The standard InChI is InChI=1S/C17H18BrN5O4S/c18-10-5-13(28-8-10)12(6-15(25)26)23-14(24)7-21-16(27)9-2-1-3-11(4-9)22-17(19)20/h1-5,8,12H,6-7H2,(H,21,27)(H,23,24)(H,25,26)(H4,19,20,22). The van der Waals surface area contributed by atoms with Gasteiger partial charge in [-0.2, -0.15) is 0 Å². The molecule has 0 fully saturated rings. The summed E-state index contributed by atoms with van der Waals surface area (Å²) in [7, 11) is 0. The molecule has 28 heavy (non-hydrogen) atoms. The largest absolute Gasteiger partial charge is 0.481 e. The molecule has 1 aromatic heterocycles. The van der Waals surface area contributed by atoms with E-state index < -0.39 is 23.8 Å². The van der Waals surface area contributed by atoms with Crippen molar-refractivity contribution >= 4 is 56.7 Å². The van der Waals surface area contributed by atoms with E-state index in [0.29, 0.717) is 10.6 Å². The molecule has 0 aliphatic heterocycles. The lowest BCUT2D eigenvalue weighted by Crippen LogP contribution is -2.39. The minimum atomic E-state index is -1.05. The zero-order valence-electron chi connectivity index (χ0n) is 14.5. The van der Waals surface area contributed by atoms with Crippen LogP contribution in [0.5, 0.6) is 0 Å². The van der Waals surface area contributed by atoms with Gasteiger partial charge in [0.05, 0.1) is 19.0 Å². The van der Waals surface area contributed by atoms with Crippen LogP contribution in [0.15, 0.2) is 40.2 Å². The first-order valence-corrected chi connectivity index (χ1v) is 9.66. The van der Waals surface area contributed by atoms with E-state index in [9.17, 15) is 14.4 Å². The van der Waals surface area contributed by atoms with E-state index in [2.05, 4.69) is 31.9 Å². The number of aliphatic carboxylic acids is 1. The lowest BCUT2D eigenvalue weighted by Gasteiger charge is -2.16. The molecule has 2 rings (SSSR count). The summed E-state index contributed by atoms with van der Waals surface area (Å²) in [5, 5.41) is 25.7. The summed E-state index contributed by atoms with van der Waals surface area (Å²) in [6.45, 7) is -0.314. The van der Waals surface area contributed by atoms with E-state index in [1.807, 2.05) is 0 Å². The molecule has 7 N–H and O–H groups in total. The number of carboxylic acid groups (broad SMARTS) is 1. The van der Waals surface area contributed by atoms with Crippen molar-refractivity contribution in [1.29, 1.82) is 5.41 Å². The average molecular weight is 468 g/mol. The molecule has 0 saturated carbocycles. The summed E-state index contributed by atoms with van der Waals surface area (Å²) in [5.74, 6) is -2.31. The highest BCUT2D eigenvalue weighted by molar-refractivity contribution is 9.10. The Balaban J connectivity index is 1.95. The second-order valence-electron chi connectivity index (χ2n) is 5.69. The summed E-state index contributed by atoms with van der Waals surface area (Å²) in [5.41, 5.74) is 6.00. The number of nitrogens with two attached hydrogens (primary N) is 1. The minimum absolute atomic E-state index is 0.262. The van der Waals surface area contributed by atoms with E-state index in [1.165, 1.54) is 17.4 Å². The third kappa shape index (κ3) is 6.67. The van der Waals surface area contributed by atoms with Crippen molar-refractivity contribution in [2.45, 2.75) is 12.5 Å². The van der Waals surface area contributed by atoms with Crippen LogP contribution in [0.3, 0.4) is 0 Å². The quantitative estimate of drug-likeness (QED) is 0.257. The fourth-order valence-electron chi connectivity index (χ4n) is 2.31. The van der Waals surface area contributed by atoms with Gasteiger partial charge in [-0.3, -0.25) is 19.8 Å². The van der Waals surface area contributed by atoms with Crippen LogP contribution in [0.25, 0.3) is 0 Å². The van der Waals surface area contributed by atoms with Crippen molar-refractivity contribution in [3.8, 4) is 0 Å². The number of carboxylic acids is 1. The number of hydrogen-bond donors (Lipinski definition) is 6. The fourth-order valence-corrected chi connectivity index (χ4v) is 3.81. The number of thiophene rings is 1. The number of rotatable bonds is 8. The number of guanidine groups is 1. The van der Waals surface area contributed by atoms with Crippen molar-refractivity contribution in [1.82, 2.24) is 10.6 Å². The first kappa shape index (κ1) is 21.4. The molecule has 1 heterocycles. The molecule has 2 aromatic rings. The van der Waals surface area contributed by atoms with E-state index in [4.69, 9.17) is 16.2 Å². The van der Waals surface area contributed by atoms with Crippen molar-refractivity contribution in [2.75, 3.05) is 11.9 Å². The van der Waals surface area contributed by atoms with Crippen LogP contribution in [0, 0.1) is 5.41 Å². The van der Waals surface area contributed by atoms with Crippen LogP contribution in [0.2, 0.25) is 0 Å². The maximum Gasteiger partial charge on any atom is 0.305 e. The van der Waals surface area contributed by atoms with Crippen LogP contribution in [-0.4, -0.2) is 35.4 Å². The van der Waals surface area contributed by atoms with Crippen molar-refractivity contribution in [3.05, 3.63) is 50.6 Å². The molecule has 0 aliphatic carbocycles. The lowest BCUT2D eigenvalue weighted by molar-refractivity contribution is -0.137. The number of benzene rings is 1. The molecule has 1 atom stereocenters. The van der Waals surface area contributed by atoms with Gasteiger partial charge in [-0.05, 0) is 40.2 Å². The van der Waals surface area contributed by atoms with E-state index in [0.717, 1.165) is 4.47 Å². The van der Waals surface area contributed by atoms with Gasteiger partial charge in [-0.25, -0.2) is 0 Å². The Morgan fingerprint density at radius 3 is 2.64 bits per heavy atom. The Bertz CT molecular complexity index is 901. The van der Waals surface area contributed by atoms with Crippen LogP contribution >= 0.6 is 27.3 Å². The molecule has 1 unspecified atom stereocenters. The molecule has 0 bridgehead atoms. The predicted molar refractivity (Wildman–Crippen MR) is 109 cm³/mol. The second kappa shape index (κ2) is 9.85. The Labute approximate surface area is 173 Å². The van der Waals surface area contributed by atoms with Gasteiger partial charge in [0.25, 0.3) is 5.91 Å². The number of nitrogens with one attached hydrogen (secondary N) is 4. The van der Waals surface area contributed by atoms with Crippen LogP contribution in [-0.2, 0) is 9.59 Å². The number of carbonyl (C=O) groups excluding carboxylic acids is 2. The molecule has 1 aromatic carbocycles. The van der Waals surface area contributed by atoms with Gasteiger partial charge in [-0.15, -0.1) is 11.3 Å². The monoisotopic (exact) mass is 467 g/mol. The van der Waals surface area contributed by atoms with Gasteiger partial charge in [0.2, 0.25) is 5.91 Å². The average Bonchev–Trinajstić information content (AvgIpc) is 3.05. The second-order valence-corrected chi connectivity index (χ2v) is 7.55. The highest BCUT2D eigenvalue weighted by Gasteiger charge is 2.20. The number of amides is 2. The first-order valence-electron chi connectivity index (χ1n) is 7.99. The summed E-state index contributed by atoms with van der Waals surface area (Å²) in [6.07, 6.45) is -0.272. The Morgan fingerprint density at radius 2 is 2.04 bits per heavy atom. The Hall–Kier alpha value is -2.92. The van der Waals surface area contributed by atoms with Gasteiger partial charge in [0.1, 0.15) is 0 Å².